The zero-order valence-electron chi connectivity index (χ0n) is 12.0. The Morgan fingerprint density at radius 2 is 2.10 bits per heavy atom. The highest BCUT2D eigenvalue weighted by molar-refractivity contribution is 6.31. The van der Waals surface area contributed by atoms with Gasteiger partial charge in [0.05, 0.1) is 0 Å². The number of carboxylic acid groups (broad SMARTS) is 1. The lowest BCUT2D eigenvalue weighted by molar-refractivity contribution is -0.142. The van der Waals surface area contributed by atoms with E-state index >= 15 is 0 Å². The van der Waals surface area contributed by atoms with Gasteiger partial charge in [0.1, 0.15) is 6.04 Å². The van der Waals surface area contributed by atoms with Crippen LogP contribution in [-0.4, -0.2) is 36.7 Å². The van der Waals surface area contributed by atoms with E-state index in [1.165, 1.54) is 0 Å². The highest BCUT2D eigenvalue weighted by Crippen LogP contribution is 2.16. The van der Waals surface area contributed by atoms with E-state index in [0.29, 0.717) is 30.9 Å². The van der Waals surface area contributed by atoms with Gasteiger partial charge in [-0.15, -0.1) is 0 Å². The van der Waals surface area contributed by atoms with Crippen LogP contribution >= 0.6 is 11.6 Å². The van der Waals surface area contributed by atoms with E-state index in [1.807, 2.05) is 18.2 Å². The molecule has 0 saturated carbocycles. The zero-order chi connectivity index (χ0) is 15.7. The van der Waals surface area contributed by atoms with Gasteiger partial charge < -0.3 is 15.2 Å². The second-order valence-electron chi connectivity index (χ2n) is 4.68. The summed E-state index contributed by atoms with van der Waals surface area (Å²) < 4.78 is 4.88. The van der Waals surface area contributed by atoms with Crippen molar-refractivity contribution in [3.05, 3.63) is 34.9 Å². The van der Waals surface area contributed by atoms with Crippen LogP contribution < -0.4 is 5.32 Å². The predicted molar refractivity (Wildman–Crippen MR) is 80.4 cm³/mol. The SMILES string of the molecule is COCCCC(NC(=O)CCc1ccccc1Cl)C(=O)O. The van der Waals surface area contributed by atoms with Crippen LogP contribution in [0.25, 0.3) is 0 Å². The summed E-state index contributed by atoms with van der Waals surface area (Å²) >= 11 is 6.01. The number of aliphatic carboxylic acids is 1. The third-order valence-corrected chi connectivity index (χ3v) is 3.42. The van der Waals surface area contributed by atoms with Crippen LogP contribution in [0.4, 0.5) is 0 Å². The average Bonchev–Trinajstić information content (AvgIpc) is 2.45. The van der Waals surface area contributed by atoms with Gasteiger partial charge >= 0.3 is 5.97 Å². The number of rotatable bonds is 9. The fourth-order valence-corrected chi connectivity index (χ4v) is 2.14. The maximum Gasteiger partial charge on any atom is 0.326 e. The Balaban J connectivity index is 2.43. The number of amides is 1. The molecule has 1 atom stereocenters. The summed E-state index contributed by atoms with van der Waals surface area (Å²) in [4.78, 5) is 22.9. The van der Waals surface area contributed by atoms with Gasteiger partial charge in [0, 0.05) is 25.2 Å². The first-order valence-electron chi connectivity index (χ1n) is 6.79. The molecule has 0 aliphatic rings. The van der Waals surface area contributed by atoms with Crippen molar-refractivity contribution < 1.29 is 19.4 Å². The number of halogens is 1. The van der Waals surface area contributed by atoms with E-state index in [1.54, 1.807) is 13.2 Å². The van der Waals surface area contributed by atoms with Gasteiger partial charge in [-0.3, -0.25) is 4.79 Å². The molecule has 0 bridgehead atoms. The summed E-state index contributed by atoms with van der Waals surface area (Å²) in [5.74, 6) is -1.32. The summed E-state index contributed by atoms with van der Waals surface area (Å²) in [5.41, 5.74) is 0.876. The lowest BCUT2D eigenvalue weighted by atomic mass is 10.1. The van der Waals surface area contributed by atoms with Crippen molar-refractivity contribution in [3.8, 4) is 0 Å². The standard InChI is InChI=1S/C15H20ClNO4/c1-21-10-4-7-13(15(19)20)17-14(18)9-8-11-5-2-3-6-12(11)16/h2-3,5-6,13H,4,7-10H2,1H3,(H,17,18)(H,19,20). The molecule has 6 heteroatoms. The molecule has 0 heterocycles. The number of nitrogens with one attached hydrogen (secondary N) is 1. The van der Waals surface area contributed by atoms with Crippen molar-refractivity contribution in [2.45, 2.75) is 31.7 Å². The number of ether oxygens (including phenoxy) is 1. The van der Waals surface area contributed by atoms with Crippen LogP contribution in [0, 0.1) is 0 Å². The van der Waals surface area contributed by atoms with Gasteiger partial charge in [-0.1, -0.05) is 29.8 Å². The monoisotopic (exact) mass is 313 g/mol. The minimum absolute atomic E-state index is 0.206. The topological polar surface area (TPSA) is 75.6 Å². The molecule has 1 amide bonds. The van der Waals surface area contributed by atoms with Crippen molar-refractivity contribution in [2.24, 2.45) is 0 Å². The van der Waals surface area contributed by atoms with Crippen LogP contribution in [0.1, 0.15) is 24.8 Å². The molecule has 0 spiro atoms. The summed E-state index contributed by atoms with van der Waals surface area (Å²) in [5, 5.41) is 12.2. The molecule has 0 aliphatic heterocycles. The molecular formula is C15H20ClNO4. The summed E-state index contributed by atoms with van der Waals surface area (Å²) in [6.45, 7) is 0.472. The molecule has 116 valence electrons. The molecule has 0 aliphatic carbocycles. The third kappa shape index (κ3) is 6.60. The minimum Gasteiger partial charge on any atom is -0.480 e. The average molecular weight is 314 g/mol. The Morgan fingerprint density at radius 3 is 2.71 bits per heavy atom. The quantitative estimate of drug-likeness (QED) is 0.686. The lowest BCUT2D eigenvalue weighted by Crippen LogP contribution is -2.41. The Morgan fingerprint density at radius 1 is 1.38 bits per heavy atom. The first-order valence-corrected chi connectivity index (χ1v) is 7.17. The largest absolute Gasteiger partial charge is 0.480 e. The third-order valence-electron chi connectivity index (χ3n) is 3.05. The van der Waals surface area contributed by atoms with Crippen molar-refractivity contribution >= 4 is 23.5 Å². The van der Waals surface area contributed by atoms with Crippen molar-refractivity contribution in [1.29, 1.82) is 0 Å². The van der Waals surface area contributed by atoms with Gasteiger partial charge in [0.15, 0.2) is 0 Å². The van der Waals surface area contributed by atoms with Crippen molar-refractivity contribution in [2.75, 3.05) is 13.7 Å². The van der Waals surface area contributed by atoms with E-state index in [-0.39, 0.29) is 12.3 Å². The normalized spacial score (nSPS) is 11.9. The Hall–Kier alpha value is -1.59. The van der Waals surface area contributed by atoms with E-state index < -0.39 is 12.0 Å². The van der Waals surface area contributed by atoms with Gasteiger partial charge in [-0.25, -0.2) is 4.79 Å². The number of carboxylic acids is 1. The minimum atomic E-state index is -1.03. The number of aryl methyl sites for hydroxylation is 1. The van der Waals surface area contributed by atoms with Gasteiger partial charge in [-0.2, -0.15) is 0 Å². The molecule has 0 fully saturated rings. The maximum absolute atomic E-state index is 11.8. The van der Waals surface area contributed by atoms with Crippen molar-refractivity contribution in [1.82, 2.24) is 5.32 Å². The Labute approximate surface area is 129 Å². The van der Waals surface area contributed by atoms with Crippen LogP contribution in [0.2, 0.25) is 5.02 Å². The predicted octanol–water partition coefficient (Wildman–Crippen LogP) is 2.27. The van der Waals surface area contributed by atoms with Gasteiger partial charge in [-0.05, 0) is 30.9 Å². The zero-order valence-corrected chi connectivity index (χ0v) is 12.7. The molecule has 5 nitrogen and oxygen atoms in total. The van der Waals surface area contributed by atoms with E-state index in [4.69, 9.17) is 21.4 Å². The Kier molecular flexibility index (Phi) is 7.79. The fraction of sp³-hybridized carbons (Fsp3) is 0.467. The van der Waals surface area contributed by atoms with Crippen LogP contribution in [0.3, 0.4) is 0 Å². The van der Waals surface area contributed by atoms with E-state index in [2.05, 4.69) is 5.32 Å². The first-order chi connectivity index (χ1) is 10.0. The highest BCUT2D eigenvalue weighted by Gasteiger charge is 2.19. The number of methoxy groups -OCH3 is 1. The summed E-state index contributed by atoms with van der Waals surface area (Å²) in [6, 6.07) is 6.41. The highest BCUT2D eigenvalue weighted by atomic mass is 35.5. The number of hydrogen-bond donors (Lipinski definition) is 2. The molecule has 1 aromatic carbocycles. The molecule has 1 aromatic rings. The second kappa shape index (κ2) is 9.37. The molecular weight excluding hydrogens is 294 g/mol. The van der Waals surface area contributed by atoms with Gasteiger partial charge in [0.2, 0.25) is 5.91 Å². The smallest absolute Gasteiger partial charge is 0.326 e. The summed E-state index contributed by atoms with van der Waals surface area (Å²) in [7, 11) is 1.55. The van der Waals surface area contributed by atoms with E-state index in [9.17, 15) is 9.59 Å². The number of carbonyl (C=O) groups excluding carboxylic acids is 1. The maximum atomic E-state index is 11.8. The molecule has 0 radical (unpaired) electrons. The van der Waals surface area contributed by atoms with E-state index in [0.717, 1.165) is 5.56 Å². The van der Waals surface area contributed by atoms with Gasteiger partial charge in [0.25, 0.3) is 0 Å². The van der Waals surface area contributed by atoms with Crippen LogP contribution in [0.15, 0.2) is 24.3 Å². The summed E-state index contributed by atoms with van der Waals surface area (Å²) in [6.07, 6.45) is 1.62. The fourth-order valence-electron chi connectivity index (χ4n) is 1.91. The Bertz CT molecular complexity index is 478. The van der Waals surface area contributed by atoms with Crippen molar-refractivity contribution in [3.63, 3.8) is 0 Å². The number of hydrogen-bond acceptors (Lipinski definition) is 3. The first kappa shape index (κ1) is 17.5. The molecule has 1 rings (SSSR count). The molecule has 0 aromatic heterocycles. The molecule has 0 saturated heterocycles. The van der Waals surface area contributed by atoms with Crippen LogP contribution in [0.5, 0.6) is 0 Å². The molecule has 21 heavy (non-hydrogen) atoms. The lowest BCUT2D eigenvalue weighted by Gasteiger charge is -2.14. The molecule has 2 N–H and O–H groups in total. The molecule has 1 unspecified atom stereocenters. The van der Waals surface area contributed by atoms with Crippen LogP contribution in [-0.2, 0) is 20.7 Å². The second-order valence-corrected chi connectivity index (χ2v) is 5.09. The number of carbonyl (C=O) groups is 2. The number of benzene rings is 1.